The van der Waals surface area contributed by atoms with E-state index >= 15 is 0 Å². The molecule has 442 valence electrons. The van der Waals surface area contributed by atoms with Crippen molar-refractivity contribution in [3.05, 3.63) is 138 Å². The molecule has 4 aromatic carbocycles. The number of unbranched alkanes of at least 4 members (excludes halogenated alkanes) is 1. The number of aromatic nitrogens is 2. The summed E-state index contributed by atoms with van der Waals surface area (Å²) < 4.78 is 15.3. The van der Waals surface area contributed by atoms with E-state index in [1.54, 1.807) is 17.0 Å². The molecule has 0 bridgehead atoms. The molecule has 1 atom stereocenters. The van der Waals surface area contributed by atoms with Gasteiger partial charge < -0.3 is 34.0 Å². The molecule has 0 radical (unpaired) electrons. The van der Waals surface area contributed by atoms with Gasteiger partial charge in [0.2, 0.25) is 0 Å². The van der Waals surface area contributed by atoms with Crippen molar-refractivity contribution in [2.75, 3.05) is 141 Å². The van der Waals surface area contributed by atoms with Crippen LogP contribution >= 0.6 is 46.4 Å². The van der Waals surface area contributed by atoms with Crippen molar-refractivity contribution in [3.63, 3.8) is 0 Å². The molecule has 1 unspecified atom stereocenters. The molecule has 5 fully saturated rings. The Hall–Kier alpha value is -5.56. The number of fused-ring (bicyclic) bond motifs is 2. The lowest BCUT2D eigenvalue weighted by molar-refractivity contribution is 0.0889. The Morgan fingerprint density at radius 2 is 1.00 bits per heavy atom. The van der Waals surface area contributed by atoms with Crippen molar-refractivity contribution < 1.29 is 19.1 Å². The predicted octanol–water partition coefficient (Wildman–Crippen LogP) is 10.5. The molecule has 5 saturated heterocycles. The molecule has 5 aliphatic heterocycles. The van der Waals surface area contributed by atoms with Crippen molar-refractivity contribution in [2.45, 2.75) is 69.9 Å². The number of hydrogen-bond donors (Lipinski definition) is 0. The maximum Gasteiger partial charge on any atom is 0.331 e. The number of rotatable bonds is 17. The standard InChI is InChI=1S/C63H76Cl4N10O6/c64-52-10-6-12-54(60(52)66)72-33-29-68(30-34-72)24-4-5-41-82-50-18-14-47-17-21-59(79)77(57(47)43-50)63(81)75-35-31-69(32-36-75)45-49(71-37-39-73(40-38-71)55-13-7-11-53(65)61(55)67)9-8-42-83-51-19-15-46-16-20-58(78)76(56(46)44-51)62(80)74-27-22-48(23-28-74)70-25-2-1-3-26-70/h6-7,10-21,43-44,48-49H,1-5,8-9,22-42,45H2. The second kappa shape index (κ2) is 27.6. The second-order valence-electron chi connectivity index (χ2n) is 22.8. The number of piperazine rings is 3. The third kappa shape index (κ3) is 14.1. The van der Waals surface area contributed by atoms with Gasteiger partial charge in [-0.15, -0.1) is 0 Å². The largest absolute Gasteiger partial charge is 0.494 e. The first-order valence-electron chi connectivity index (χ1n) is 29.9. The summed E-state index contributed by atoms with van der Waals surface area (Å²) in [5, 5.41) is 3.88. The summed E-state index contributed by atoms with van der Waals surface area (Å²) in [6.45, 7) is 15.4. The Morgan fingerprint density at radius 1 is 0.506 bits per heavy atom. The van der Waals surface area contributed by atoms with Gasteiger partial charge in [-0.3, -0.25) is 24.3 Å². The van der Waals surface area contributed by atoms with Gasteiger partial charge in [-0.05, 0) is 142 Å². The first kappa shape index (κ1) is 59.2. The number of carbonyl (C=O) groups excluding carboxylic acids is 2. The highest BCUT2D eigenvalue weighted by molar-refractivity contribution is 6.44. The van der Waals surface area contributed by atoms with E-state index in [9.17, 15) is 19.2 Å². The summed E-state index contributed by atoms with van der Waals surface area (Å²) >= 11 is 25.9. The number of pyridine rings is 2. The molecule has 2 aromatic heterocycles. The van der Waals surface area contributed by atoms with E-state index in [-0.39, 0.29) is 29.2 Å². The highest BCUT2D eigenvalue weighted by atomic mass is 35.5. The number of carbonyl (C=O) groups is 2. The van der Waals surface area contributed by atoms with Crippen LogP contribution in [0.5, 0.6) is 11.5 Å². The van der Waals surface area contributed by atoms with Crippen LogP contribution in [0.2, 0.25) is 20.1 Å². The molecule has 20 heteroatoms. The number of halogens is 4. The molecule has 6 aromatic rings. The Morgan fingerprint density at radius 3 is 1.55 bits per heavy atom. The minimum absolute atomic E-state index is 0.187. The summed E-state index contributed by atoms with van der Waals surface area (Å²) in [5.74, 6) is 1.24. The second-order valence-corrected chi connectivity index (χ2v) is 24.4. The number of anilines is 2. The Bertz CT molecular complexity index is 3350. The average Bonchev–Trinajstić information content (AvgIpc) is 3.70. The molecule has 5 aliphatic rings. The minimum atomic E-state index is -0.370. The summed E-state index contributed by atoms with van der Waals surface area (Å²) in [7, 11) is 0. The zero-order valence-electron chi connectivity index (χ0n) is 47.3. The maximum atomic E-state index is 14.4. The van der Waals surface area contributed by atoms with E-state index in [1.807, 2.05) is 77.7 Å². The number of benzene rings is 4. The van der Waals surface area contributed by atoms with E-state index in [2.05, 4.69) is 29.4 Å². The quantitative estimate of drug-likeness (QED) is 0.0808. The van der Waals surface area contributed by atoms with Gasteiger partial charge in [0.05, 0.1) is 55.7 Å². The number of ether oxygens (including phenoxy) is 2. The van der Waals surface area contributed by atoms with Crippen molar-refractivity contribution in [3.8, 4) is 11.5 Å². The zero-order valence-corrected chi connectivity index (χ0v) is 50.4. The molecule has 16 nitrogen and oxygen atoms in total. The fourth-order valence-corrected chi connectivity index (χ4v) is 13.8. The fourth-order valence-electron chi connectivity index (χ4n) is 12.9. The lowest BCUT2D eigenvalue weighted by Crippen LogP contribution is -2.56. The van der Waals surface area contributed by atoms with Gasteiger partial charge in [0.15, 0.2) is 0 Å². The van der Waals surface area contributed by atoms with E-state index in [4.69, 9.17) is 55.9 Å². The van der Waals surface area contributed by atoms with Gasteiger partial charge >= 0.3 is 12.1 Å². The minimum Gasteiger partial charge on any atom is -0.494 e. The van der Waals surface area contributed by atoms with Gasteiger partial charge in [0.1, 0.15) is 11.5 Å². The lowest BCUT2D eigenvalue weighted by atomic mass is 10.00. The fraction of sp³-hybridized carbons (Fsp3) is 0.492. The molecule has 0 spiro atoms. The lowest BCUT2D eigenvalue weighted by Gasteiger charge is -2.43. The zero-order chi connectivity index (χ0) is 57.4. The predicted molar refractivity (Wildman–Crippen MR) is 335 cm³/mol. The number of likely N-dealkylation sites (tertiary alicyclic amines) is 2. The van der Waals surface area contributed by atoms with Crippen LogP contribution in [0.3, 0.4) is 0 Å². The first-order chi connectivity index (χ1) is 40.4. The van der Waals surface area contributed by atoms with Gasteiger partial charge in [-0.1, -0.05) is 65.0 Å². The molecule has 0 saturated carbocycles. The van der Waals surface area contributed by atoms with Crippen LogP contribution < -0.4 is 30.4 Å². The van der Waals surface area contributed by atoms with Crippen LogP contribution in [0.1, 0.15) is 57.8 Å². The van der Waals surface area contributed by atoms with Crippen LogP contribution in [0.15, 0.2) is 107 Å². The van der Waals surface area contributed by atoms with Crippen molar-refractivity contribution in [1.82, 2.24) is 38.5 Å². The van der Waals surface area contributed by atoms with Crippen molar-refractivity contribution in [1.29, 1.82) is 0 Å². The SMILES string of the molecule is O=C(N1CCC(N2CCCCC2)CC1)n1c(=O)ccc2ccc(OCCCC(CN3CCN(C(=O)n4c(=O)ccc5ccc(OCCCCN6CCN(c7cccc(Cl)c7Cl)CC6)cc54)CC3)N3CCN(c4cccc(Cl)c4Cl)CC3)cc21. The normalized spacial score (nSPS) is 18.7. The average molecular weight is 1210 g/mol. The Kier molecular flexibility index (Phi) is 19.7. The van der Waals surface area contributed by atoms with E-state index in [0.717, 1.165) is 139 Å². The monoisotopic (exact) mass is 1210 g/mol. The van der Waals surface area contributed by atoms with Crippen LogP contribution in [0.4, 0.5) is 21.0 Å². The summed E-state index contributed by atoms with van der Waals surface area (Å²) in [6, 6.07) is 29.4. The maximum absolute atomic E-state index is 14.4. The summed E-state index contributed by atoms with van der Waals surface area (Å²) in [5.41, 5.74) is 2.30. The highest BCUT2D eigenvalue weighted by Crippen LogP contribution is 2.35. The van der Waals surface area contributed by atoms with Gasteiger partial charge in [0, 0.05) is 135 Å². The van der Waals surface area contributed by atoms with Gasteiger partial charge in [-0.2, -0.15) is 0 Å². The van der Waals surface area contributed by atoms with Crippen LogP contribution in [0, 0.1) is 0 Å². The molecule has 2 amide bonds. The van der Waals surface area contributed by atoms with Gasteiger partial charge in [0.25, 0.3) is 11.1 Å². The van der Waals surface area contributed by atoms with E-state index in [0.29, 0.717) is 101 Å². The molecule has 7 heterocycles. The van der Waals surface area contributed by atoms with E-state index < -0.39 is 0 Å². The van der Waals surface area contributed by atoms with Crippen molar-refractivity contribution >= 4 is 91.6 Å². The molecule has 0 aliphatic carbocycles. The third-order valence-electron chi connectivity index (χ3n) is 17.7. The number of amides is 2. The highest BCUT2D eigenvalue weighted by Gasteiger charge is 2.32. The van der Waals surface area contributed by atoms with Crippen molar-refractivity contribution in [2.24, 2.45) is 0 Å². The topological polar surface area (TPSA) is 123 Å². The van der Waals surface area contributed by atoms with Crippen LogP contribution in [-0.4, -0.2) is 194 Å². The first-order valence-corrected chi connectivity index (χ1v) is 31.4. The Balaban J connectivity index is 0.691. The van der Waals surface area contributed by atoms with Crippen LogP contribution in [0.25, 0.3) is 21.8 Å². The molecule has 0 N–H and O–H groups in total. The van der Waals surface area contributed by atoms with E-state index in [1.165, 1.54) is 40.5 Å². The number of hydrogen-bond acceptors (Lipinski definition) is 12. The van der Waals surface area contributed by atoms with Gasteiger partial charge in [-0.25, -0.2) is 18.7 Å². The number of piperidine rings is 2. The molecule has 83 heavy (non-hydrogen) atoms. The molecular weight excluding hydrogens is 1130 g/mol. The Labute approximate surface area is 506 Å². The summed E-state index contributed by atoms with van der Waals surface area (Å²) in [4.78, 5) is 73.7. The number of nitrogens with zero attached hydrogens (tertiary/aromatic N) is 10. The molecular formula is C63H76Cl4N10O6. The molecule has 11 rings (SSSR count). The van der Waals surface area contributed by atoms with Crippen LogP contribution in [-0.2, 0) is 0 Å². The summed E-state index contributed by atoms with van der Waals surface area (Å²) in [6.07, 6.45) is 9.07. The third-order valence-corrected chi connectivity index (χ3v) is 19.3. The smallest absolute Gasteiger partial charge is 0.331 e.